The summed E-state index contributed by atoms with van der Waals surface area (Å²) in [6.07, 6.45) is 0. The molecule has 0 saturated carbocycles. The van der Waals surface area contributed by atoms with Gasteiger partial charge in [-0.1, -0.05) is 23.2 Å². The molecule has 0 aliphatic carbocycles. The predicted molar refractivity (Wildman–Crippen MR) is 78.1 cm³/mol. The van der Waals surface area contributed by atoms with E-state index in [0.29, 0.717) is 5.02 Å². The van der Waals surface area contributed by atoms with Crippen LogP contribution >= 0.6 is 23.2 Å². The molecule has 0 atom stereocenters. The number of sulfonamides is 1. The van der Waals surface area contributed by atoms with E-state index < -0.39 is 15.8 Å². The number of benzene rings is 2. The summed E-state index contributed by atoms with van der Waals surface area (Å²) in [6, 6.07) is 7.31. The van der Waals surface area contributed by atoms with Gasteiger partial charge < -0.3 is 5.73 Å². The lowest BCUT2D eigenvalue weighted by Crippen LogP contribution is -2.14. The van der Waals surface area contributed by atoms with Crippen LogP contribution in [-0.2, 0) is 10.0 Å². The molecule has 3 N–H and O–H groups in total. The molecule has 20 heavy (non-hydrogen) atoms. The fraction of sp³-hybridized carbons (Fsp3) is 0. The number of nitrogens with two attached hydrogens (primary N) is 1. The van der Waals surface area contributed by atoms with Crippen LogP contribution in [-0.4, -0.2) is 8.42 Å². The zero-order chi connectivity index (χ0) is 14.9. The first-order valence-corrected chi connectivity index (χ1v) is 7.56. The van der Waals surface area contributed by atoms with E-state index in [-0.39, 0.29) is 21.3 Å². The number of nitrogen functional groups attached to an aromatic ring is 1. The van der Waals surface area contributed by atoms with E-state index in [0.717, 1.165) is 18.2 Å². The van der Waals surface area contributed by atoms with Gasteiger partial charge in [0.1, 0.15) is 5.82 Å². The number of halogens is 3. The van der Waals surface area contributed by atoms with Crippen molar-refractivity contribution < 1.29 is 12.8 Å². The summed E-state index contributed by atoms with van der Waals surface area (Å²) in [5.74, 6) is -0.743. The number of hydrogen-bond acceptors (Lipinski definition) is 3. The third-order valence-electron chi connectivity index (χ3n) is 2.38. The molecule has 0 fully saturated rings. The maximum atomic E-state index is 13.2. The van der Waals surface area contributed by atoms with Crippen molar-refractivity contribution >= 4 is 44.6 Å². The number of nitrogens with one attached hydrogen (secondary N) is 1. The van der Waals surface area contributed by atoms with Crippen LogP contribution < -0.4 is 10.5 Å². The van der Waals surface area contributed by atoms with Crippen LogP contribution in [0.3, 0.4) is 0 Å². The van der Waals surface area contributed by atoms with Gasteiger partial charge in [-0.25, -0.2) is 12.8 Å². The largest absolute Gasteiger partial charge is 0.399 e. The number of rotatable bonds is 3. The van der Waals surface area contributed by atoms with Crippen LogP contribution in [0.4, 0.5) is 15.8 Å². The van der Waals surface area contributed by atoms with Gasteiger partial charge in [-0.05, 0) is 36.4 Å². The van der Waals surface area contributed by atoms with Gasteiger partial charge in [0.25, 0.3) is 10.0 Å². The monoisotopic (exact) mass is 334 g/mol. The normalized spacial score (nSPS) is 11.3. The second-order valence-corrected chi connectivity index (χ2v) is 6.48. The minimum atomic E-state index is -3.99. The fourth-order valence-electron chi connectivity index (χ4n) is 1.52. The summed E-state index contributed by atoms with van der Waals surface area (Å²) in [4.78, 5) is -0.291. The third kappa shape index (κ3) is 3.33. The molecule has 0 spiro atoms. The lowest BCUT2D eigenvalue weighted by Gasteiger charge is -2.10. The number of hydrogen-bond donors (Lipinski definition) is 2. The molecule has 2 aromatic rings. The highest BCUT2D eigenvalue weighted by Gasteiger charge is 2.17. The molecule has 0 saturated heterocycles. The molecular weight excluding hydrogens is 326 g/mol. The van der Waals surface area contributed by atoms with Crippen molar-refractivity contribution in [3.05, 3.63) is 52.3 Å². The topological polar surface area (TPSA) is 72.2 Å². The van der Waals surface area contributed by atoms with Crippen molar-refractivity contribution in [1.29, 1.82) is 0 Å². The highest BCUT2D eigenvalue weighted by Crippen LogP contribution is 2.28. The van der Waals surface area contributed by atoms with Crippen LogP contribution in [0.15, 0.2) is 41.3 Å². The molecule has 0 heterocycles. The van der Waals surface area contributed by atoms with Crippen molar-refractivity contribution in [3.63, 3.8) is 0 Å². The van der Waals surface area contributed by atoms with Crippen molar-refractivity contribution in [1.82, 2.24) is 0 Å². The molecule has 0 radical (unpaired) electrons. The fourth-order valence-corrected chi connectivity index (χ4v) is 3.17. The Hall–Kier alpha value is -1.50. The average Bonchev–Trinajstić information content (AvgIpc) is 2.31. The highest BCUT2D eigenvalue weighted by atomic mass is 35.5. The minimum absolute atomic E-state index is 0.00702. The van der Waals surface area contributed by atoms with Gasteiger partial charge in [0.05, 0.1) is 15.6 Å². The van der Waals surface area contributed by atoms with E-state index >= 15 is 0 Å². The van der Waals surface area contributed by atoms with Crippen LogP contribution in [0.1, 0.15) is 0 Å². The van der Waals surface area contributed by atoms with Crippen LogP contribution in [0.5, 0.6) is 0 Å². The summed E-state index contributed by atoms with van der Waals surface area (Å²) >= 11 is 11.6. The van der Waals surface area contributed by atoms with E-state index in [1.807, 2.05) is 0 Å². The molecule has 8 heteroatoms. The summed E-state index contributed by atoms with van der Waals surface area (Å²) in [6.45, 7) is 0. The summed E-state index contributed by atoms with van der Waals surface area (Å²) < 4.78 is 39.7. The SMILES string of the molecule is Nc1cc(F)cc(S(=O)(=O)Nc2ccc(Cl)cc2Cl)c1. The molecular formula is C12H9Cl2FN2O2S. The maximum absolute atomic E-state index is 13.2. The Morgan fingerprint density at radius 2 is 1.80 bits per heavy atom. The van der Waals surface area contributed by atoms with E-state index in [2.05, 4.69) is 4.72 Å². The summed E-state index contributed by atoms with van der Waals surface area (Å²) in [5.41, 5.74) is 5.57. The van der Waals surface area contributed by atoms with Crippen molar-refractivity contribution in [2.24, 2.45) is 0 Å². The Morgan fingerprint density at radius 1 is 1.10 bits per heavy atom. The predicted octanol–water partition coefficient (Wildman–Crippen LogP) is 3.52. The van der Waals surface area contributed by atoms with Gasteiger partial charge >= 0.3 is 0 Å². The van der Waals surface area contributed by atoms with E-state index in [1.165, 1.54) is 18.2 Å². The second-order valence-electron chi connectivity index (χ2n) is 3.95. The Morgan fingerprint density at radius 3 is 2.40 bits per heavy atom. The number of anilines is 2. The lowest BCUT2D eigenvalue weighted by atomic mass is 10.3. The van der Waals surface area contributed by atoms with Crippen LogP contribution in [0.2, 0.25) is 10.0 Å². The molecule has 2 aromatic carbocycles. The Kier molecular flexibility index (Phi) is 4.08. The van der Waals surface area contributed by atoms with E-state index in [1.54, 1.807) is 0 Å². The highest BCUT2D eigenvalue weighted by molar-refractivity contribution is 7.92. The van der Waals surface area contributed by atoms with Gasteiger partial charge in [-0.15, -0.1) is 0 Å². The van der Waals surface area contributed by atoms with Crippen molar-refractivity contribution in [2.45, 2.75) is 4.90 Å². The molecule has 106 valence electrons. The zero-order valence-corrected chi connectivity index (χ0v) is 12.2. The van der Waals surface area contributed by atoms with E-state index in [9.17, 15) is 12.8 Å². The van der Waals surface area contributed by atoms with Gasteiger partial charge in [-0.2, -0.15) is 0 Å². The minimum Gasteiger partial charge on any atom is -0.399 e. The zero-order valence-electron chi connectivity index (χ0n) is 9.90. The molecule has 4 nitrogen and oxygen atoms in total. The van der Waals surface area contributed by atoms with Gasteiger partial charge in [0, 0.05) is 10.7 Å². The molecule has 2 rings (SSSR count). The van der Waals surface area contributed by atoms with Gasteiger partial charge in [0.2, 0.25) is 0 Å². The Bertz CT molecular complexity index is 746. The molecule has 0 aromatic heterocycles. The van der Waals surface area contributed by atoms with E-state index in [4.69, 9.17) is 28.9 Å². The molecule has 0 unspecified atom stereocenters. The average molecular weight is 335 g/mol. The van der Waals surface area contributed by atoms with Gasteiger partial charge in [0.15, 0.2) is 0 Å². The first-order chi connectivity index (χ1) is 9.28. The van der Waals surface area contributed by atoms with Gasteiger partial charge in [-0.3, -0.25) is 4.72 Å². The van der Waals surface area contributed by atoms with Crippen molar-refractivity contribution in [2.75, 3.05) is 10.5 Å². The van der Waals surface area contributed by atoms with Crippen molar-refractivity contribution in [3.8, 4) is 0 Å². The molecule has 0 aliphatic heterocycles. The molecule has 0 aliphatic rings. The summed E-state index contributed by atoms with van der Waals surface area (Å²) in [5, 5.41) is 0.499. The summed E-state index contributed by atoms with van der Waals surface area (Å²) in [7, 11) is -3.99. The molecule has 0 bridgehead atoms. The third-order valence-corrected chi connectivity index (χ3v) is 4.27. The lowest BCUT2D eigenvalue weighted by molar-refractivity contribution is 0.595. The quantitative estimate of drug-likeness (QED) is 0.843. The smallest absolute Gasteiger partial charge is 0.262 e. The van der Waals surface area contributed by atoms with Crippen LogP contribution in [0.25, 0.3) is 0 Å². The standard InChI is InChI=1S/C12H9Cl2FN2O2S/c13-7-1-2-12(11(14)3-7)17-20(18,19)10-5-8(15)4-9(16)6-10/h1-6,17H,16H2. The maximum Gasteiger partial charge on any atom is 0.262 e. The Balaban J connectivity index is 2.40. The Labute approximate surface area is 125 Å². The van der Waals surface area contributed by atoms with Crippen LogP contribution in [0, 0.1) is 5.82 Å². The molecule has 0 amide bonds. The first kappa shape index (κ1) is 14.9. The second kappa shape index (κ2) is 5.47. The first-order valence-electron chi connectivity index (χ1n) is 5.32.